The highest BCUT2D eigenvalue weighted by Crippen LogP contribution is 2.28. The van der Waals surface area contributed by atoms with Gasteiger partial charge in [0.05, 0.1) is 10.2 Å². The highest BCUT2D eigenvalue weighted by atomic mass is 32.1. The molecule has 0 fully saturated rings. The molecule has 0 saturated heterocycles. The van der Waals surface area contributed by atoms with Crippen molar-refractivity contribution >= 4 is 44.0 Å². The molecule has 2 N–H and O–H groups in total. The van der Waals surface area contributed by atoms with Gasteiger partial charge in [-0.15, -0.1) is 0 Å². The second-order valence-electron chi connectivity index (χ2n) is 5.15. The van der Waals surface area contributed by atoms with Gasteiger partial charge in [0.15, 0.2) is 10.2 Å². The molecule has 19 heavy (non-hydrogen) atoms. The van der Waals surface area contributed by atoms with Crippen LogP contribution in [0.3, 0.4) is 0 Å². The van der Waals surface area contributed by atoms with Crippen LogP contribution in [0.4, 0.5) is 5.13 Å². The summed E-state index contributed by atoms with van der Waals surface area (Å²) in [6.45, 7) is 9.40. The third kappa shape index (κ3) is 3.64. The second kappa shape index (κ2) is 5.84. The highest BCUT2D eigenvalue weighted by Gasteiger charge is 2.07. The average Bonchev–Trinajstić information content (AvgIpc) is 2.68. The van der Waals surface area contributed by atoms with Crippen molar-refractivity contribution in [2.75, 3.05) is 11.9 Å². The van der Waals surface area contributed by atoms with E-state index in [2.05, 4.69) is 55.4 Å². The SMILES string of the molecule is Cc1cc2nc(NC(=S)NCC(C)C)sc2cc1C. The number of hydrogen-bond donors (Lipinski definition) is 2. The maximum Gasteiger partial charge on any atom is 0.190 e. The summed E-state index contributed by atoms with van der Waals surface area (Å²) in [6, 6.07) is 4.30. The predicted octanol–water partition coefficient (Wildman–Crippen LogP) is 3.86. The molecule has 0 bridgehead atoms. The minimum atomic E-state index is 0.570. The molecule has 2 aromatic rings. The number of nitrogens with one attached hydrogen (secondary N) is 2. The summed E-state index contributed by atoms with van der Waals surface area (Å²) in [7, 11) is 0. The standard InChI is InChI=1S/C14H19N3S2/c1-8(2)7-15-13(18)17-14-16-11-5-9(3)10(4)6-12(11)19-14/h5-6,8H,7H2,1-4H3,(H2,15,16,17,18). The average molecular weight is 293 g/mol. The summed E-state index contributed by atoms with van der Waals surface area (Å²) in [5.74, 6) is 0.570. The molecular weight excluding hydrogens is 274 g/mol. The van der Waals surface area contributed by atoms with Crippen LogP contribution in [0.15, 0.2) is 12.1 Å². The van der Waals surface area contributed by atoms with Gasteiger partial charge in [0.1, 0.15) is 0 Å². The maximum absolute atomic E-state index is 5.26. The third-order valence-electron chi connectivity index (χ3n) is 2.90. The van der Waals surface area contributed by atoms with Crippen molar-refractivity contribution in [2.45, 2.75) is 27.7 Å². The van der Waals surface area contributed by atoms with Crippen molar-refractivity contribution in [3.63, 3.8) is 0 Å². The lowest BCUT2D eigenvalue weighted by Gasteiger charge is -2.09. The van der Waals surface area contributed by atoms with E-state index in [-0.39, 0.29) is 0 Å². The first-order chi connectivity index (χ1) is 8.95. The topological polar surface area (TPSA) is 37.0 Å². The molecule has 3 nitrogen and oxygen atoms in total. The second-order valence-corrected chi connectivity index (χ2v) is 6.59. The van der Waals surface area contributed by atoms with E-state index in [9.17, 15) is 0 Å². The van der Waals surface area contributed by atoms with Crippen LogP contribution in [-0.4, -0.2) is 16.6 Å². The van der Waals surface area contributed by atoms with Gasteiger partial charge in [-0.1, -0.05) is 25.2 Å². The van der Waals surface area contributed by atoms with Crippen LogP contribution in [0.2, 0.25) is 0 Å². The van der Waals surface area contributed by atoms with E-state index in [0.717, 1.165) is 17.2 Å². The Morgan fingerprint density at radius 1 is 1.32 bits per heavy atom. The predicted molar refractivity (Wildman–Crippen MR) is 88.2 cm³/mol. The molecule has 0 aliphatic carbocycles. The Hall–Kier alpha value is -1.20. The Bertz CT molecular complexity index is 563. The molecule has 2 rings (SSSR count). The maximum atomic E-state index is 5.26. The number of nitrogens with zero attached hydrogens (tertiary/aromatic N) is 1. The van der Waals surface area contributed by atoms with Crippen LogP contribution in [0.25, 0.3) is 10.2 Å². The smallest absolute Gasteiger partial charge is 0.190 e. The quantitative estimate of drug-likeness (QED) is 0.843. The van der Waals surface area contributed by atoms with Crippen LogP contribution in [0, 0.1) is 19.8 Å². The number of fused-ring (bicyclic) bond motifs is 1. The van der Waals surface area contributed by atoms with Gasteiger partial charge >= 0.3 is 0 Å². The molecule has 1 aromatic carbocycles. The number of anilines is 1. The molecule has 0 atom stereocenters. The van der Waals surface area contributed by atoms with Gasteiger partial charge in [-0.3, -0.25) is 0 Å². The number of thiocarbonyl (C=S) groups is 1. The Kier molecular flexibility index (Phi) is 4.37. The Morgan fingerprint density at radius 2 is 2.00 bits per heavy atom. The van der Waals surface area contributed by atoms with E-state index >= 15 is 0 Å². The number of rotatable bonds is 3. The Balaban J connectivity index is 2.11. The first-order valence-electron chi connectivity index (χ1n) is 6.38. The first kappa shape index (κ1) is 14.2. The lowest BCUT2D eigenvalue weighted by atomic mass is 10.1. The fourth-order valence-electron chi connectivity index (χ4n) is 1.67. The van der Waals surface area contributed by atoms with Gasteiger partial charge in [-0.25, -0.2) is 4.98 Å². The lowest BCUT2D eigenvalue weighted by Crippen LogP contribution is -2.31. The largest absolute Gasteiger partial charge is 0.362 e. The van der Waals surface area contributed by atoms with E-state index in [1.807, 2.05) is 0 Å². The zero-order valence-electron chi connectivity index (χ0n) is 11.7. The van der Waals surface area contributed by atoms with Crippen LogP contribution >= 0.6 is 23.6 Å². The molecule has 0 unspecified atom stereocenters. The summed E-state index contributed by atoms with van der Waals surface area (Å²) in [5, 5.41) is 7.83. The van der Waals surface area contributed by atoms with Gasteiger partial charge in [-0.05, 0) is 55.2 Å². The lowest BCUT2D eigenvalue weighted by molar-refractivity contribution is 0.627. The molecule has 102 valence electrons. The van der Waals surface area contributed by atoms with Crippen LogP contribution in [0.5, 0.6) is 0 Å². The van der Waals surface area contributed by atoms with Crippen molar-refractivity contribution < 1.29 is 0 Å². The number of benzene rings is 1. The van der Waals surface area contributed by atoms with Crippen LogP contribution < -0.4 is 10.6 Å². The van der Waals surface area contributed by atoms with Crippen molar-refractivity contribution in [3.8, 4) is 0 Å². The van der Waals surface area contributed by atoms with E-state index in [1.54, 1.807) is 11.3 Å². The first-order valence-corrected chi connectivity index (χ1v) is 7.61. The minimum Gasteiger partial charge on any atom is -0.362 e. The third-order valence-corrected chi connectivity index (χ3v) is 4.08. The fourth-order valence-corrected chi connectivity index (χ4v) is 2.87. The van der Waals surface area contributed by atoms with Gasteiger partial charge in [0.25, 0.3) is 0 Å². The van der Waals surface area contributed by atoms with Gasteiger partial charge in [0, 0.05) is 6.54 Å². The van der Waals surface area contributed by atoms with E-state index in [4.69, 9.17) is 12.2 Å². The molecule has 5 heteroatoms. The Morgan fingerprint density at radius 3 is 2.68 bits per heavy atom. The number of aryl methyl sites for hydroxylation is 2. The number of aromatic nitrogens is 1. The zero-order chi connectivity index (χ0) is 14.0. The van der Waals surface area contributed by atoms with Crippen molar-refractivity contribution in [2.24, 2.45) is 5.92 Å². The summed E-state index contributed by atoms with van der Waals surface area (Å²) < 4.78 is 1.19. The van der Waals surface area contributed by atoms with Crippen LogP contribution in [-0.2, 0) is 0 Å². The number of thiazole rings is 1. The van der Waals surface area contributed by atoms with Crippen molar-refractivity contribution in [3.05, 3.63) is 23.3 Å². The summed E-state index contributed by atoms with van der Waals surface area (Å²) in [4.78, 5) is 4.56. The normalized spacial score (nSPS) is 11.0. The molecule has 0 aliphatic rings. The van der Waals surface area contributed by atoms with E-state index < -0.39 is 0 Å². The minimum absolute atomic E-state index is 0.570. The van der Waals surface area contributed by atoms with Gasteiger partial charge < -0.3 is 10.6 Å². The van der Waals surface area contributed by atoms with Crippen molar-refractivity contribution in [1.29, 1.82) is 0 Å². The summed E-state index contributed by atoms with van der Waals surface area (Å²) >= 11 is 6.89. The molecule has 1 heterocycles. The zero-order valence-corrected chi connectivity index (χ0v) is 13.3. The monoisotopic (exact) mass is 293 g/mol. The molecule has 0 amide bonds. The van der Waals surface area contributed by atoms with Crippen molar-refractivity contribution in [1.82, 2.24) is 10.3 Å². The molecule has 0 radical (unpaired) electrons. The molecular formula is C14H19N3S2. The molecule has 0 aliphatic heterocycles. The fraction of sp³-hybridized carbons (Fsp3) is 0.429. The van der Waals surface area contributed by atoms with Gasteiger partial charge in [-0.2, -0.15) is 0 Å². The van der Waals surface area contributed by atoms with E-state index in [1.165, 1.54) is 15.8 Å². The molecule has 0 saturated carbocycles. The van der Waals surface area contributed by atoms with Crippen LogP contribution in [0.1, 0.15) is 25.0 Å². The molecule has 0 spiro atoms. The molecule has 1 aromatic heterocycles. The highest BCUT2D eigenvalue weighted by molar-refractivity contribution is 7.80. The van der Waals surface area contributed by atoms with E-state index in [0.29, 0.717) is 11.0 Å². The number of hydrogen-bond acceptors (Lipinski definition) is 3. The van der Waals surface area contributed by atoms with Gasteiger partial charge in [0.2, 0.25) is 0 Å². The summed E-state index contributed by atoms with van der Waals surface area (Å²) in [6.07, 6.45) is 0. The Labute approximate surface area is 123 Å². The summed E-state index contributed by atoms with van der Waals surface area (Å²) in [5.41, 5.74) is 3.59.